The second-order valence-electron chi connectivity index (χ2n) is 6.73. The Morgan fingerprint density at radius 3 is 2.73 bits per heavy atom. The highest BCUT2D eigenvalue weighted by Gasteiger charge is 2.12. The summed E-state index contributed by atoms with van der Waals surface area (Å²) in [6.45, 7) is 1.09. The van der Waals surface area contributed by atoms with Crippen molar-refractivity contribution in [2.45, 2.75) is 0 Å². The maximum Gasteiger partial charge on any atom is 0.233 e. The molecule has 11 heteroatoms. The number of pyridine rings is 1. The monoisotopic (exact) mass is 480 g/mol. The molecule has 1 aromatic carbocycles. The summed E-state index contributed by atoms with van der Waals surface area (Å²) in [7, 11) is 1.48. The van der Waals surface area contributed by atoms with Crippen LogP contribution in [0.5, 0.6) is 5.88 Å². The topological polar surface area (TPSA) is 114 Å². The molecule has 0 amide bonds. The molecule has 0 fully saturated rings. The largest absolute Gasteiger partial charge is 0.480 e. The van der Waals surface area contributed by atoms with Gasteiger partial charge in [-0.1, -0.05) is 23.2 Å². The van der Waals surface area contributed by atoms with Crippen molar-refractivity contribution in [2.24, 2.45) is 0 Å². The molecule has 33 heavy (non-hydrogen) atoms. The minimum absolute atomic E-state index is 0.281. The van der Waals surface area contributed by atoms with Gasteiger partial charge in [-0.2, -0.15) is 10.2 Å². The van der Waals surface area contributed by atoms with Crippen LogP contribution in [0.25, 0.3) is 17.1 Å². The van der Waals surface area contributed by atoms with Gasteiger partial charge in [-0.05, 0) is 36.4 Å². The van der Waals surface area contributed by atoms with E-state index in [1.807, 2.05) is 16.7 Å². The van der Waals surface area contributed by atoms with Crippen molar-refractivity contribution in [1.82, 2.24) is 24.5 Å². The van der Waals surface area contributed by atoms with Gasteiger partial charge in [-0.25, -0.2) is 15.0 Å². The summed E-state index contributed by atoms with van der Waals surface area (Å²) in [5.74, 6) is 1.35. The van der Waals surface area contributed by atoms with Gasteiger partial charge in [-0.15, -0.1) is 0 Å². The van der Waals surface area contributed by atoms with Gasteiger partial charge in [0.05, 0.1) is 41.7 Å². The number of hydrogen-bond acceptors (Lipinski definition) is 8. The fourth-order valence-electron chi connectivity index (χ4n) is 3.08. The van der Waals surface area contributed by atoms with Crippen LogP contribution in [0.1, 0.15) is 5.56 Å². The van der Waals surface area contributed by atoms with Gasteiger partial charge in [0.2, 0.25) is 11.8 Å². The number of anilines is 2. The summed E-state index contributed by atoms with van der Waals surface area (Å²) in [5.41, 5.74) is 2.57. The Morgan fingerprint density at radius 2 is 1.94 bits per heavy atom. The lowest BCUT2D eigenvalue weighted by Gasteiger charge is -2.11. The number of benzene rings is 1. The number of imidazole rings is 1. The highest BCUT2D eigenvalue weighted by Crippen LogP contribution is 2.28. The average molecular weight is 481 g/mol. The first-order valence-electron chi connectivity index (χ1n) is 9.83. The van der Waals surface area contributed by atoms with Crippen LogP contribution in [0.4, 0.5) is 11.8 Å². The molecular formula is C22H18Cl2N8O. The molecule has 0 saturated heterocycles. The molecule has 0 aliphatic carbocycles. The molecule has 166 valence electrons. The van der Waals surface area contributed by atoms with E-state index < -0.39 is 0 Å². The second kappa shape index (κ2) is 10.2. The zero-order valence-corrected chi connectivity index (χ0v) is 19.0. The SMILES string of the molecule is COc1nc(NCCNc2nccc(-c3cncn3-c3ccc(Cl)cc3Cl)n2)ccc1C#N. The van der Waals surface area contributed by atoms with Gasteiger partial charge in [0.1, 0.15) is 17.5 Å². The van der Waals surface area contributed by atoms with Crippen LogP contribution in [0.2, 0.25) is 10.0 Å². The Bertz CT molecular complexity index is 1320. The van der Waals surface area contributed by atoms with E-state index in [1.165, 1.54) is 7.11 Å². The van der Waals surface area contributed by atoms with E-state index in [-0.39, 0.29) is 5.88 Å². The summed E-state index contributed by atoms with van der Waals surface area (Å²) in [6.07, 6.45) is 5.05. The molecule has 0 spiro atoms. The Morgan fingerprint density at radius 1 is 1.09 bits per heavy atom. The molecule has 0 aliphatic rings. The van der Waals surface area contributed by atoms with E-state index >= 15 is 0 Å². The summed E-state index contributed by atoms with van der Waals surface area (Å²) in [4.78, 5) is 17.4. The molecule has 0 radical (unpaired) electrons. The molecule has 0 atom stereocenters. The van der Waals surface area contributed by atoms with E-state index in [9.17, 15) is 0 Å². The second-order valence-corrected chi connectivity index (χ2v) is 7.57. The quantitative estimate of drug-likeness (QED) is 0.355. The first-order chi connectivity index (χ1) is 16.1. The zero-order chi connectivity index (χ0) is 23.2. The zero-order valence-electron chi connectivity index (χ0n) is 17.5. The molecule has 4 aromatic rings. The standard InChI is InChI=1S/C22H18Cl2N8O/c1-33-21-14(11-25)2-5-20(31-21)27-8-9-29-22-28-7-6-17(30-22)19-12-26-13-32(19)18-4-3-15(23)10-16(18)24/h2-7,10,12-13H,8-9H2,1H3,(H,27,31)(H,28,29,30). The number of methoxy groups -OCH3 is 1. The first kappa shape index (κ1) is 22.3. The van der Waals surface area contributed by atoms with Crippen LogP contribution in [0.15, 0.2) is 55.1 Å². The highest BCUT2D eigenvalue weighted by molar-refractivity contribution is 6.35. The molecule has 4 rings (SSSR count). The van der Waals surface area contributed by atoms with Gasteiger partial charge in [-0.3, -0.25) is 4.57 Å². The lowest BCUT2D eigenvalue weighted by Crippen LogP contribution is -2.16. The number of halogens is 2. The van der Waals surface area contributed by atoms with Gasteiger partial charge < -0.3 is 15.4 Å². The number of rotatable bonds is 8. The highest BCUT2D eigenvalue weighted by atomic mass is 35.5. The number of nitrogens with one attached hydrogen (secondary N) is 2. The number of nitriles is 1. The third-order valence-electron chi connectivity index (χ3n) is 4.61. The summed E-state index contributed by atoms with van der Waals surface area (Å²) in [5, 5.41) is 16.5. The lowest BCUT2D eigenvalue weighted by molar-refractivity contribution is 0.397. The molecule has 0 bridgehead atoms. The van der Waals surface area contributed by atoms with Crippen LogP contribution in [0.3, 0.4) is 0 Å². The third kappa shape index (κ3) is 5.14. The van der Waals surface area contributed by atoms with E-state index in [2.05, 4.69) is 30.6 Å². The Balaban J connectivity index is 1.43. The normalized spacial score (nSPS) is 10.5. The molecule has 2 N–H and O–H groups in total. The maximum absolute atomic E-state index is 9.05. The van der Waals surface area contributed by atoms with E-state index in [0.29, 0.717) is 46.2 Å². The van der Waals surface area contributed by atoms with Gasteiger partial charge >= 0.3 is 0 Å². The Labute approximate surface area is 200 Å². The van der Waals surface area contributed by atoms with Crippen LogP contribution < -0.4 is 15.4 Å². The molecular weight excluding hydrogens is 463 g/mol. The summed E-state index contributed by atoms with van der Waals surface area (Å²) < 4.78 is 6.97. The minimum Gasteiger partial charge on any atom is -0.480 e. The maximum atomic E-state index is 9.05. The Kier molecular flexibility index (Phi) is 6.88. The smallest absolute Gasteiger partial charge is 0.233 e. The number of aromatic nitrogens is 5. The van der Waals surface area contributed by atoms with Crippen molar-refractivity contribution >= 4 is 35.0 Å². The number of hydrogen-bond donors (Lipinski definition) is 2. The van der Waals surface area contributed by atoms with Crippen LogP contribution in [0, 0.1) is 11.3 Å². The summed E-state index contributed by atoms with van der Waals surface area (Å²) in [6, 6.07) is 12.5. The predicted molar refractivity (Wildman–Crippen MR) is 127 cm³/mol. The molecule has 3 aromatic heterocycles. The average Bonchev–Trinajstić information content (AvgIpc) is 3.31. The van der Waals surface area contributed by atoms with Crippen molar-refractivity contribution in [3.63, 3.8) is 0 Å². The van der Waals surface area contributed by atoms with Crippen molar-refractivity contribution in [3.8, 4) is 29.0 Å². The van der Waals surface area contributed by atoms with E-state index in [1.54, 1.807) is 49.1 Å². The minimum atomic E-state index is 0.281. The molecule has 3 heterocycles. The fourth-order valence-corrected chi connectivity index (χ4v) is 3.58. The van der Waals surface area contributed by atoms with Crippen molar-refractivity contribution in [2.75, 3.05) is 30.8 Å². The van der Waals surface area contributed by atoms with Gasteiger partial charge in [0, 0.05) is 24.3 Å². The van der Waals surface area contributed by atoms with Crippen molar-refractivity contribution in [1.29, 1.82) is 5.26 Å². The lowest BCUT2D eigenvalue weighted by atomic mass is 10.2. The van der Waals surface area contributed by atoms with E-state index in [0.717, 1.165) is 11.4 Å². The van der Waals surface area contributed by atoms with Crippen molar-refractivity contribution in [3.05, 3.63) is 70.7 Å². The van der Waals surface area contributed by atoms with Gasteiger partial charge in [0.15, 0.2) is 0 Å². The third-order valence-corrected chi connectivity index (χ3v) is 5.15. The predicted octanol–water partition coefficient (Wildman–Crippen LogP) is 4.44. The summed E-state index contributed by atoms with van der Waals surface area (Å²) >= 11 is 12.4. The molecule has 0 saturated carbocycles. The molecule has 9 nitrogen and oxygen atoms in total. The van der Waals surface area contributed by atoms with Gasteiger partial charge in [0.25, 0.3) is 0 Å². The van der Waals surface area contributed by atoms with Crippen LogP contribution >= 0.6 is 23.2 Å². The number of nitrogens with zero attached hydrogens (tertiary/aromatic N) is 6. The molecule has 0 unspecified atom stereocenters. The number of ether oxygens (including phenoxy) is 1. The van der Waals surface area contributed by atoms with E-state index in [4.69, 9.17) is 33.2 Å². The molecule has 0 aliphatic heterocycles. The van der Waals surface area contributed by atoms with Crippen LogP contribution in [-0.4, -0.2) is 44.7 Å². The first-order valence-corrected chi connectivity index (χ1v) is 10.6. The van der Waals surface area contributed by atoms with Crippen LogP contribution in [-0.2, 0) is 0 Å². The fraction of sp³-hybridized carbons (Fsp3) is 0.136. The Hall–Kier alpha value is -3.87. The van der Waals surface area contributed by atoms with Crippen molar-refractivity contribution < 1.29 is 4.74 Å².